The summed E-state index contributed by atoms with van der Waals surface area (Å²) < 4.78 is 0. The van der Waals surface area contributed by atoms with Gasteiger partial charge in [0.1, 0.15) is 17.5 Å². The molecule has 5 heteroatoms. The van der Waals surface area contributed by atoms with Gasteiger partial charge in [0.2, 0.25) is 0 Å². The number of anilines is 2. The molecule has 0 radical (unpaired) electrons. The first-order chi connectivity index (χ1) is 9.64. The second-order valence-electron chi connectivity index (χ2n) is 5.73. The monoisotopic (exact) mass is 278 g/mol. The van der Waals surface area contributed by atoms with Gasteiger partial charge in [-0.2, -0.15) is 0 Å². The third kappa shape index (κ3) is 3.03. The average Bonchev–Trinajstić information content (AvgIpc) is 2.91. The number of aliphatic hydroxyl groups excluding tert-OH is 1. The Kier molecular flexibility index (Phi) is 4.81. The zero-order valence-electron chi connectivity index (χ0n) is 12.8. The molecule has 1 aromatic heterocycles. The van der Waals surface area contributed by atoms with Crippen LogP contribution in [0.25, 0.3) is 0 Å². The predicted octanol–water partition coefficient (Wildman–Crippen LogP) is 2.50. The Morgan fingerprint density at radius 1 is 1.20 bits per heavy atom. The lowest BCUT2D eigenvalue weighted by molar-refractivity contribution is 0.213. The van der Waals surface area contributed by atoms with Crippen molar-refractivity contribution in [1.82, 2.24) is 9.97 Å². The summed E-state index contributed by atoms with van der Waals surface area (Å²) in [5.74, 6) is 2.59. The van der Waals surface area contributed by atoms with Crippen molar-refractivity contribution < 1.29 is 5.11 Å². The quantitative estimate of drug-likeness (QED) is 0.746. The van der Waals surface area contributed by atoms with Crippen molar-refractivity contribution in [2.45, 2.75) is 57.9 Å². The topological polar surface area (TPSA) is 70.1 Å². The summed E-state index contributed by atoms with van der Waals surface area (Å²) in [4.78, 5) is 9.19. The van der Waals surface area contributed by atoms with E-state index in [0.29, 0.717) is 0 Å². The maximum absolute atomic E-state index is 9.75. The minimum Gasteiger partial charge on any atom is -0.394 e. The number of hydrogen-bond acceptors (Lipinski definition) is 5. The third-order valence-electron chi connectivity index (χ3n) is 4.15. The fourth-order valence-electron chi connectivity index (χ4n) is 2.89. The first-order valence-electron chi connectivity index (χ1n) is 7.58. The van der Waals surface area contributed by atoms with Gasteiger partial charge in [0, 0.05) is 19.0 Å². The number of hydrogen-bond donors (Lipinski definition) is 3. The van der Waals surface area contributed by atoms with Crippen LogP contribution in [0.3, 0.4) is 0 Å². The van der Waals surface area contributed by atoms with Crippen LogP contribution in [0.2, 0.25) is 0 Å². The molecule has 1 aromatic rings. The maximum Gasteiger partial charge on any atom is 0.135 e. The SMILES string of the molecule is CCCc1nc(NC)c(C)c(NC2(CO)CCCC2)n1. The highest BCUT2D eigenvalue weighted by Crippen LogP contribution is 2.34. The molecule has 0 aromatic carbocycles. The van der Waals surface area contributed by atoms with Crippen molar-refractivity contribution in [2.75, 3.05) is 24.3 Å². The summed E-state index contributed by atoms with van der Waals surface area (Å²) >= 11 is 0. The molecule has 3 N–H and O–H groups in total. The van der Waals surface area contributed by atoms with Crippen LogP contribution >= 0.6 is 0 Å². The lowest BCUT2D eigenvalue weighted by Gasteiger charge is -2.30. The fraction of sp³-hybridized carbons (Fsp3) is 0.733. The van der Waals surface area contributed by atoms with Crippen molar-refractivity contribution in [3.8, 4) is 0 Å². The summed E-state index contributed by atoms with van der Waals surface area (Å²) in [5.41, 5.74) is 0.820. The van der Waals surface area contributed by atoms with E-state index in [9.17, 15) is 5.11 Å². The number of aromatic nitrogens is 2. The van der Waals surface area contributed by atoms with Crippen molar-refractivity contribution in [3.63, 3.8) is 0 Å². The molecule has 0 amide bonds. The Bertz CT molecular complexity index is 455. The summed E-state index contributed by atoms with van der Waals surface area (Å²) in [5, 5.41) is 16.4. The van der Waals surface area contributed by atoms with Gasteiger partial charge in [-0.15, -0.1) is 0 Å². The molecule has 5 nitrogen and oxygen atoms in total. The second kappa shape index (κ2) is 6.39. The minimum absolute atomic E-state index is 0.161. The molecule has 0 atom stereocenters. The third-order valence-corrected chi connectivity index (χ3v) is 4.15. The summed E-state index contributed by atoms with van der Waals surface area (Å²) in [6, 6.07) is 0. The van der Waals surface area contributed by atoms with E-state index in [4.69, 9.17) is 0 Å². The standard InChI is InChI=1S/C15H26N4O/c1-4-7-12-17-13(16-3)11(2)14(18-12)19-15(10-20)8-5-6-9-15/h20H,4-10H2,1-3H3,(H2,16,17,18,19). The van der Waals surface area contributed by atoms with Gasteiger partial charge in [0.15, 0.2) is 0 Å². The Morgan fingerprint density at radius 2 is 1.85 bits per heavy atom. The number of rotatable bonds is 6. The molecule has 0 saturated heterocycles. The molecule has 112 valence electrons. The van der Waals surface area contributed by atoms with E-state index in [0.717, 1.165) is 48.7 Å². The second-order valence-corrected chi connectivity index (χ2v) is 5.73. The van der Waals surface area contributed by atoms with E-state index < -0.39 is 0 Å². The Balaban J connectivity index is 2.31. The molecule has 20 heavy (non-hydrogen) atoms. The molecule has 2 rings (SSSR count). The van der Waals surface area contributed by atoms with E-state index in [1.165, 1.54) is 12.8 Å². The van der Waals surface area contributed by atoms with E-state index in [-0.39, 0.29) is 12.1 Å². The summed E-state index contributed by atoms with van der Waals surface area (Å²) in [6.07, 6.45) is 6.24. The molecule has 0 bridgehead atoms. The molecule has 1 heterocycles. The van der Waals surface area contributed by atoms with E-state index in [1.54, 1.807) is 0 Å². The first kappa shape index (κ1) is 15.0. The van der Waals surface area contributed by atoms with E-state index >= 15 is 0 Å². The Labute approximate surface area is 121 Å². The normalized spacial score (nSPS) is 17.2. The van der Waals surface area contributed by atoms with Gasteiger partial charge in [-0.25, -0.2) is 9.97 Å². The van der Waals surface area contributed by atoms with E-state index in [1.807, 2.05) is 14.0 Å². The minimum atomic E-state index is -0.201. The van der Waals surface area contributed by atoms with Crippen LogP contribution in [0.1, 0.15) is 50.4 Å². The molecular formula is C15H26N4O. The van der Waals surface area contributed by atoms with Crippen molar-refractivity contribution in [3.05, 3.63) is 11.4 Å². The van der Waals surface area contributed by atoms with Gasteiger partial charge in [-0.3, -0.25) is 0 Å². The zero-order valence-corrected chi connectivity index (χ0v) is 12.8. The van der Waals surface area contributed by atoms with Gasteiger partial charge in [0.05, 0.1) is 12.1 Å². The highest BCUT2D eigenvalue weighted by atomic mass is 16.3. The lowest BCUT2D eigenvalue weighted by atomic mass is 9.98. The van der Waals surface area contributed by atoms with E-state index in [2.05, 4.69) is 27.5 Å². The van der Waals surface area contributed by atoms with Crippen molar-refractivity contribution >= 4 is 11.6 Å². The number of nitrogens with zero attached hydrogens (tertiary/aromatic N) is 2. The Hall–Kier alpha value is -1.36. The molecule has 1 saturated carbocycles. The van der Waals surface area contributed by atoms with Gasteiger partial charge in [-0.05, 0) is 26.2 Å². The van der Waals surface area contributed by atoms with Crippen molar-refractivity contribution in [2.24, 2.45) is 0 Å². The smallest absolute Gasteiger partial charge is 0.135 e. The fourth-order valence-corrected chi connectivity index (χ4v) is 2.89. The van der Waals surface area contributed by atoms with Crippen LogP contribution in [0.4, 0.5) is 11.6 Å². The van der Waals surface area contributed by atoms with Gasteiger partial charge >= 0.3 is 0 Å². The number of nitrogens with one attached hydrogen (secondary N) is 2. The largest absolute Gasteiger partial charge is 0.394 e. The van der Waals surface area contributed by atoms with Crippen molar-refractivity contribution in [1.29, 1.82) is 0 Å². The molecule has 1 fully saturated rings. The molecule has 0 unspecified atom stereocenters. The highest BCUT2D eigenvalue weighted by molar-refractivity contribution is 5.58. The van der Waals surface area contributed by atoms with Gasteiger partial charge < -0.3 is 15.7 Å². The van der Waals surface area contributed by atoms with Gasteiger partial charge in [-0.1, -0.05) is 19.8 Å². The van der Waals surface area contributed by atoms with Crippen LogP contribution in [-0.2, 0) is 6.42 Å². The predicted molar refractivity (Wildman–Crippen MR) is 82.2 cm³/mol. The molecule has 0 aliphatic heterocycles. The molecule has 0 spiro atoms. The van der Waals surface area contributed by atoms with Gasteiger partial charge in [0.25, 0.3) is 0 Å². The van der Waals surface area contributed by atoms with Crippen LogP contribution in [0, 0.1) is 6.92 Å². The lowest BCUT2D eigenvalue weighted by Crippen LogP contribution is -2.39. The average molecular weight is 278 g/mol. The summed E-state index contributed by atoms with van der Waals surface area (Å²) in [6.45, 7) is 4.31. The van der Waals surface area contributed by atoms with Crippen LogP contribution < -0.4 is 10.6 Å². The summed E-state index contributed by atoms with van der Waals surface area (Å²) in [7, 11) is 1.88. The van der Waals surface area contributed by atoms with Crippen LogP contribution in [0.15, 0.2) is 0 Å². The van der Waals surface area contributed by atoms with Crippen LogP contribution in [0.5, 0.6) is 0 Å². The van der Waals surface area contributed by atoms with Crippen LogP contribution in [-0.4, -0.2) is 34.3 Å². The Morgan fingerprint density at radius 3 is 2.40 bits per heavy atom. The number of aryl methyl sites for hydroxylation is 1. The molecular weight excluding hydrogens is 252 g/mol. The molecule has 1 aliphatic rings. The molecule has 1 aliphatic carbocycles. The highest BCUT2D eigenvalue weighted by Gasteiger charge is 2.34. The zero-order chi connectivity index (χ0) is 14.6. The number of aliphatic hydroxyl groups is 1. The maximum atomic E-state index is 9.75. The first-order valence-corrected chi connectivity index (χ1v) is 7.58.